The van der Waals surface area contributed by atoms with Gasteiger partial charge in [0.1, 0.15) is 0 Å². The highest BCUT2D eigenvalue weighted by Crippen LogP contribution is 2.20. The van der Waals surface area contributed by atoms with Gasteiger partial charge >= 0.3 is 0 Å². The summed E-state index contributed by atoms with van der Waals surface area (Å²) in [5.41, 5.74) is 8.34. The maximum atomic E-state index is 6.00. The van der Waals surface area contributed by atoms with Gasteiger partial charge in [-0.1, -0.05) is 26.0 Å². The van der Waals surface area contributed by atoms with Crippen LogP contribution in [0, 0.1) is 0 Å². The van der Waals surface area contributed by atoms with Crippen LogP contribution in [0.1, 0.15) is 38.7 Å². The summed E-state index contributed by atoms with van der Waals surface area (Å²) in [6.45, 7) is 10.9. The number of nitrogens with zero attached hydrogens (tertiary/aromatic N) is 2. The molecule has 1 aliphatic rings. The fourth-order valence-electron chi connectivity index (χ4n) is 2.68. The number of anilines is 1. The van der Waals surface area contributed by atoms with Gasteiger partial charge in [0.25, 0.3) is 0 Å². The second-order valence-corrected chi connectivity index (χ2v) is 6.28. The van der Waals surface area contributed by atoms with E-state index in [4.69, 9.17) is 10.5 Å². The molecule has 1 heterocycles. The van der Waals surface area contributed by atoms with Crippen molar-refractivity contribution in [1.29, 1.82) is 0 Å². The minimum atomic E-state index is 0. The van der Waals surface area contributed by atoms with E-state index in [1.54, 1.807) is 0 Å². The van der Waals surface area contributed by atoms with Crippen LogP contribution in [0.15, 0.2) is 29.3 Å². The summed E-state index contributed by atoms with van der Waals surface area (Å²) in [5, 5.41) is 3.17. The average molecular weight is 446 g/mol. The van der Waals surface area contributed by atoms with Crippen LogP contribution >= 0.6 is 24.0 Å². The van der Waals surface area contributed by atoms with E-state index in [0.717, 1.165) is 38.4 Å². The van der Waals surface area contributed by atoms with Crippen molar-refractivity contribution in [2.24, 2.45) is 10.7 Å². The zero-order valence-corrected chi connectivity index (χ0v) is 17.3. The van der Waals surface area contributed by atoms with Gasteiger partial charge in [-0.2, -0.15) is 0 Å². The number of hydrogen-bond acceptors (Lipinski definition) is 3. The number of nitrogens with one attached hydrogen (secondary N) is 1. The maximum absolute atomic E-state index is 6.00. The van der Waals surface area contributed by atoms with Crippen LogP contribution in [-0.2, 0) is 4.74 Å². The van der Waals surface area contributed by atoms with Crippen LogP contribution in [0.2, 0.25) is 0 Å². The molecule has 0 aromatic heterocycles. The Balaban J connectivity index is 0.00000288. The molecule has 0 radical (unpaired) electrons. The van der Waals surface area contributed by atoms with Crippen LogP contribution in [0.5, 0.6) is 0 Å². The first-order valence-corrected chi connectivity index (χ1v) is 8.58. The lowest BCUT2D eigenvalue weighted by atomic mass is 9.99. The molecule has 1 aromatic carbocycles. The van der Waals surface area contributed by atoms with E-state index in [1.165, 1.54) is 5.56 Å². The van der Waals surface area contributed by atoms with Crippen molar-refractivity contribution >= 4 is 35.6 Å². The summed E-state index contributed by atoms with van der Waals surface area (Å²) in [6, 6.07) is 8.82. The summed E-state index contributed by atoms with van der Waals surface area (Å²) in [4.78, 5) is 6.86. The van der Waals surface area contributed by atoms with Crippen LogP contribution in [-0.4, -0.2) is 49.7 Å². The topological polar surface area (TPSA) is 62.9 Å². The minimum absolute atomic E-state index is 0. The third-order valence-corrected chi connectivity index (χ3v) is 4.56. The molecule has 2 unspecified atom stereocenters. The smallest absolute Gasteiger partial charge is 0.193 e. The number of rotatable bonds is 6. The molecule has 6 heteroatoms. The number of nitrogens with two attached hydrogens (primary N) is 1. The van der Waals surface area contributed by atoms with Gasteiger partial charge in [-0.05, 0) is 37.0 Å². The fraction of sp³-hybridized carbons (Fsp3) is 0.611. The molecule has 3 N–H and O–H groups in total. The van der Waals surface area contributed by atoms with E-state index in [2.05, 4.69) is 60.2 Å². The Labute approximate surface area is 163 Å². The number of benzene rings is 1. The first-order valence-electron chi connectivity index (χ1n) is 8.58. The normalized spacial score (nSPS) is 18.5. The minimum Gasteiger partial charge on any atom is -0.379 e. The maximum Gasteiger partial charge on any atom is 0.193 e. The van der Waals surface area contributed by atoms with Gasteiger partial charge in [0.15, 0.2) is 5.96 Å². The molecule has 0 spiro atoms. The van der Waals surface area contributed by atoms with Crippen molar-refractivity contribution in [3.05, 3.63) is 29.8 Å². The molecule has 1 aromatic rings. The Bertz CT molecular complexity index is 500. The Kier molecular flexibility index (Phi) is 9.61. The van der Waals surface area contributed by atoms with E-state index >= 15 is 0 Å². The van der Waals surface area contributed by atoms with Crippen LogP contribution < -0.4 is 11.1 Å². The van der Waals surface area contributed by atoms with Crippen LogP contribution in [0.3, 0.4) is 0 Å². The number of guanidine groups is 1. The molecule has 0 amide bonds. The molecule has 136 valence electrons. The Hall–Kier alpha value is -0.860. The molecule has 0 saturated carbocycles. The first kappa shape index (κ1) is 21.2. The summed E-state index contributed by atoms with van der Waals surface area (Å²) >= 11 is 0. The average Bonchev–Trinajstić information content (AvgIpc) is 2.60. The molecule has 2 atom stereocenters. The van der Waals surface area contributed by atoms with Gasteiger partial charge in [-0.3, -0.25) is 9.89 Å². The van der Waals surface area contributed by atoms with Gasteiger partial charge in [0.2, 0.25) is 0 Å². The number of ether oxygens (including phenoxy) is 1. The van der Waals surface area contributed by atoms with Gasteiger partial charge < -0.3 is 15.8 Å². The van der Waals surface area contributed by atoms with Gasteiger partial charge in [0.05, 0.1) is 19.8 Å². The highest BCUT2D eigenvalue weighted by Gasteiger charge is 2.16. The van der Waals surface area contributed by atoms with E-state index < -0.39 is 0 Å². The number of hydrogen-bond donors (Lipinski definition) is 2. The molecule has 5 nitrogen and oxygen atoms in total. The largest absolute Gasteiger partial charge is 0.379 e. The van der Waals surface area contributed by atoms with Crippen LogP contribution in [0.25, 0.3) is 0 Å². The van der Waals surface area contributed by atoms with Crippen molar-refractivity contribution in [3.63, 3.8) is 0 Å². The molecular formula is C18H31IN4O. The van der Waals surface area contributed by atoms with E-state index in [-0.39, 0.29) is 24.0 Å². The third kappa shape index (κ3) is 6.57. The van der Waals surface area contributed by atoms with Crippen LogP contribution in [0.4, 0.5) is 5.69 Å². The number of halogens is 1. The van der Waals surface area contributed by atoms with E-state index in [0.29, 0.717) is 24.5 Å². The van der Waals surface area contributed by atoms with Gasteiger partial charge in [-0.15, -0.1) is 24.0 Å². The van der Waals surface area contributed by atoms with Crippen molar-refractivity contribution in [3.8, 4) is 0 Å². The number of morpholine rings is 1. The lowest BCUT2D eigenvalue weighted by molar-refractivity contribution is 0.0221. The Morgan fingerprint density at radius 3 is 2.46 bits per heavy atom. The molecular weight excluding hydrogens is 415 g/mol. The predicted molar refractivity (Wildman–Crippen MR) is 113 cm³/mol. The highest BCUT2D eigenvalue weighted by molar-refractivity contribution is 14.0. The quantitative estimate of drug-likeness (QED) is 0.400. The summed E-state index contributed by atoms with van der Waals surface area (Å²) < 4.78 is 5.37. The SMILES string of the molecule is CCC(C)c1ccc(NC(N)=NCC(C)N2CCOCC2)cc1.I. The lowest BCUT2D eigenvalue weighted by Gasteiger charge is -2.31. The van der Waals surface area contributed by atoms with E-state index in [9.17, 15) is 0 Å². The molecule has 0 bridgehead atoms. The zero-order valence-electron chi connectivity index (χ0n) is 15.0. The molecule has 1 fully saturated rings. The van der Waals surface area contributed by atoms with Gasteiger partial charge in [-0.25, -0.2) is 0 Å². The molecule has 1 saturated heterocycles. The second kappa shape index (κ2) is 10.9. The fourth-order valence-corrected chi connectivity index (χ4v) is 2.68. The Morgan fingerprint density at radius 2 is 1.88 bits per heavy atom. The highest BCUT2D eigenvalue weighted by atomic mass is 127. The second-order valence-electron chi connectivity index (χ2n) is 6.28. The lowest BCUT2D eigenvalue weighted by Crippen LogP contribution is -2.43. The first-order chi connectivity index (χ1) is 11.1. The third-order valence-electron chi connectivity index (χ3n) is 4.56. The Morgan fingerprint density at radius 1 is 1.25 bits per heavy atom. The van der Waals surface area contributed by atoms with Crippen molar-refractivity contribution in [1.82, 2.24) is 4.90 Å². The van der Waals surface area contributed by atoms with Crippen molar-refractivity contribution in [2.45, 2.75) is 39.2 Å². The number of aliphatic imine (C=N–C) groups is 1. The monoisotopic (exact) mass is 446 g/mol. The predicted octanol–water partition coefficient (Wildman–Crippen LogP) is 3.27. The summed E-state index contributed by atoms with van der Waals surface area (Å²) in [7, 11) is 0. The zero-order chi connectivity index (χ0) is 16.7. The molecule has 2 rings (SSSR count). The molecule has 1 aliphatic heterocycles. The van der Waals surface area contributed by atoms with Crippen molar-refractivity contribution in [2.75, 3.05) is 38.2 Å². The standard InChI is InChI=1S/C18H30N4O.HI/c1-4-14(2)16-5-7-17(8-6-16)21-18(19)20-13-15(3)22-9-11-23-12-10-22;/h5-8,14-15H,4,9-13H2,1-3H3,(H3,19,20,21);1H. The van der Waals surface area contributed by atoms with Crippen molar-refractivity contribution < 1.29 is 4.74 Å². The summed E-state index contributed by atoms with van der Waals surface area (Å²) in [6.07, 6.45) is 1.15. The summed E-state index contributed by atoms with van der Waals surface area (Å²) in [5.74, 6) is 1.06. The van der Waals surface area contributed by atoms with E-state index in [1.807, 2.05) is 0 Å². The molecule has 0 aliphatic carbocycles. The molecule has 24 heavy (non-hydrogen) atoms. The van der Waals surface area contributed by atoms with Gasteiger partial charge in [0, 0.05) is 24.8 Å².